The Morgan fingerprint density at radius 2 is 1.72 bits per heavy atom. The fraction of sp³-hybridized carbons (Fsp3) is 0.133. The number of ether oxygens (including phenoxy) is 1. The Morgan fingerprint density at radius 1 is 1.12 bits per heavy atom. The lowest BCUT2D eigenvalue weighted by Crippen LogP contribution is -2.26. The maximum atomic E-state index is 13.4. The Labute approximate surface area is 140 Å². The number of carbonyl (C=O) groups is 1. The van der Waals surface area contributed by atoms with Gasteiger partial charge in [-0.05, 0) is 5.56 Å². The van der Waals surface area contributed by atoms with Gasteiger partial charge in [-0.15, -0.1) is 0 Å². The van der Waals surface area contributed by atoms with Crippen molar-refractivity contribution < 1.29 is 36.7 Å². The van der Waals surface area contributed by atoms with E-state index < -0.39 is 43.2 Å². The van der Waals surface area contributed by atoms with E-state index in [-0.39, 0.29) is 6.61 Å². The minimum Gasteiger partial charge on any atom is -0.445 e. The van der Waals surface area contributed by atoms with Crippen molar-refractivity contribution in [3.8, 4) is 5.75 Å². The minimum absolute atomic E-state index is 0.0789. The summed E-state index contributed by atoms with van der Waals surface area (Å²) in [5.74, 6) is -5.40. The second-order valence-electron chi connectivity index (χ2n) is 4.82. The Morgan fingerprint density at radius 3 is 2.32 bits per heavy atom. The molecule has 0 aliphatic rings. The molecular weight excluding hydrogens is 362 g/mol. The SMILES string of the molecule is O=C(NCP(=O)(O)Oc1c(F)cc(F)cc1F)OCc1ccccc1. The first-order valence-corrected chi connectivity index (χ1v) is 8.63. The Bertz CT molecular complexity index is 780. The average molecular weight is 375 g/mol. The fourth-order valence-electron chi connectivity index (χ4n) is 1.73. The van der Waals surface area contributed by atoms with Crippen LogP contribution < -0.4 is 9.84 Å². The van der Waals surface area contributed by atoms with Crippen molar-refractivity contribution in [3.05, 3.63) is 65.5 Å². The van der Waals surface area contributed by atoms with E-state index in [1.165, 1.54) is 0 Å². The van der Waals surface area contributed by atoms with Crippen LogP contribution in [0.5, 0.6) is 5.75 Å². The number of benzene rings is 2. The molecule has 10 heteroatoms. The number of hydrogen-bond donors (Lipinski definition) is 2. The molecule has 134 valence electrons. The molecular formula is C15H13F3NO5P. The summed E-state index contributed by atoms with van der Waals surface area (Å²) in [6, 6.07) is 9.23. The number of halogens is 3. The van der Waals surface area contributed by atoms with E-state index in [0.717, 1.165) is 0 Å². The van der Waals surface area contributed by atoms with E-state index in [4.69, 9.17) is 4.74 Å². The molecule has 0 spiro atoms. The van der Waals surface area contributed by atoms with Gasteiger partial charge in [0.05, 0.1) is 0 Å². The largest absolute Gasteiger partial charge is 0.445 e. The number of hydrogen-bond acceptors (Lipinski definition) is 4. The van der Waals surface area contributed by atoms with Crippen molar-refractivity contribution >= 4 is 13.7 Å². The van der Waals surface area contributed by atoms with E-state index in [9.17, 15) is 27.4 Å². The Balaban J connectivity index is 1.89. The van der Waals surface area contributed by atoms with Crippen LogP contribution >= 0.6 is 7.60 Å². The van der Waals surface area contributed by atoms with Crippen LogP contribution in [0, 0.1) is 17.5 Å². The first kappa shape index (κ1) is 18.8. The van der Waals surface area contributed by atoms with Gasteiger partial charge in [0.15, 0.2) is 11.6 Å². The van der Waals surface area contributed by atoms with E-state index in [2.05, 4.69) is 4.52 Å². The quantitative estimate of drug-likeness (QED) is 0.755. The zero-order chi connectivity index (χ0) is 18.4. The van der Waals surface area contributed by atoms with Gasteiger partial charge in [0.2, 0.25) is 5.75 Å². The summed E-state index contributed by atoms with van der Waals surface area (Å²) in [7, 11) is -4.65. The third kappa shape index (κ3) is 5.81. The fourth-order valence-corrected chi connectivity index (χ4v) is 2.58. The molecule has 0 bridgehead atoms. The average Bonchev–Trinajstić information content (AvgIpc) is 2.55. The predicted molar refractivity (Wildman–Crippen MR) is 81.4 cm³/mol. The van der Waals surface area contributed by atoms with Crippen molar-refractivity contribution in [1.29, 1.82) is 0 Å². The lowest BCUT2D eigenvalue weighted by molar-refractivity contribution is 0.140. The van der Waals surface area contributed by atoms with Gasteiger partial charge in [-0.1, -0.05) is 30.3 Å². The molecule has 0 aromatic heterocycles. The highest BCUT2D eigenvalue weighted by molar-refractivity contribution is 7.53. The third-order valence-corrected chi connectivity index (χ3v) is 3.86. The standard InChI is InChI=1S/C15H13F3NO5P/c16-11-6-12(17)14(13(18)7-11)24-25(21,22)9-19-15(20)23-8-10-4-2-1-3-5-10/h1-7H,8-9H2,(H,19,20)(H,21,22). The van der Waals surface area contributed by atoms with Gasteiger partial charge in [0.25, 0.3) is 0 Å². The molecule has 2 N–H and O–H groups in total. The Hall–Kier alpha value is -2.51. The summed E-state index contributed by atoms with van der Waals surface area (Å²) in [4.78, 5) is 21.0. The lowest BCUT2D eigenvalue weighted by Gasteiger charge is -2.15. The van der Waals surface area contributed by atoms with Crippen molar-refractivity contribution in [3.63, 3.8) is 0 Å². The minimum atomic E-state index is -4.65. The molecule has 1 amide bonds. The smallest absolute Gasteiger partial charge is 0.408 e. The molecule has 0 saturated heterocycles. The number of amides is 1. The van der Waals surface area contributed by atoms with Crippen LogP contribution in [0.1, 0.15) is 5.56 Å². The summed E-state index contributed by atoms with van der Waals surface area (Å²) in [5.41, 5.74) is 0.691. The summed E-state index contributed by atoms with van der Waals surface area (Å²) in [5, 5.41) is 1.95. The number of carbonyl (C=O) groups excluding carboxylic acids is 1. The van der Waals surface area contributed by atoms with Crippen LogP contribution in [-0.4, -0.2) is 17.3 Å². The van der Waals surface area contributed by atoms with E-state index in [1.54, 1.807) is 30.3 Å². The first-order chi connectivity index (χ1) is 11.8. The van der Waals surface area contributed by atoms with Crippen LogP contribution in [0.2, 0.25) is 0 Å². The first-order valence-electron chi connectivity index (χ1n) is 6.87. The summed E-state index contributed by atoms with van der Waals surface area (Å²) >= 11 is 0. The molecule has 2 aromatic carbocycles. The monoisotopic (exact) mass is 375 g/mol. The van der Waals surface area contributed by atoms with Gasteiger partial charge < -0.3 is 19.5 Å². The summed E-state index contributed by atoms with van der Waals surface area (Å²) in [6.45, 7) is -0.0789. The molecule has 0 heterocycles. The maximum absolute atomic E-state index is 13.4. The molecule has 0 radical (unpaired) electrons. The highest BCUT2D eigenvalue weighted by atomic mass is 31.2. The molecule has 0 saturated carbocycles. The number of alkyl carbamates (subject to hydrolysis) is 1. The zero-order valence-corrected chi connectivity index (χ0v) is 13.5. The Kier molecular flexibility index (Phi) is 6.06. The van der Waals surface area contributed by atoms with Crippen LogP contribution in [0.15, 0.2) is 42.5 Å². The molecule has 0 aliphatic heterocycles. The van der Waals surface area contributed by atoms with Gasteiger partial charge in [-0.2, -0.15) is 0 Å². The van der Waals surface area contributed by atoms with E-state index >= 15 is 0 Å². The predicted octanol–water partition coefficient (Wildman–Crippen LogP) is 3.55. The summed E-state index contributed by atoms with van der Waals surface area (Å²) in [6.07, 6.45) is -1.99. The third-order valence-electron chi connectivity index (χ3n) is 2.83. The van der Waals surface area contributed by atoms with Gasteiger partial charge in [-0.25, -0.2) is 22.5 Å². The maximum Gasteiger partial charge on any atom is 0.408 e. The van der Waals surface area contributed by atoms with Crippen LogP contribution in [0.4, 0.5) is 18.0 Å². The second-order valence-corrected chi connectivity index (χ2v) is 6.60. The van der Waals surface area contributed by atoms with Crippen molar-refractivity contribution in [2.75, 3.05) is 6.29 Å². The van der Waals surface area contributed by atoms with Gasteiger partial charge in [-0.3, -0.25) is 0 Å². The second kappa shape index (κ2) is 8.04. The molecule has 1 unspecified atom stereocenters. The van der Waals surface area contributed by atoms with Gasteiger partial charge in [0.1, 0.15) is 18.7 Å². The van der Waals surface area contributed by atoms with Crippen LogP contribution in [-0.2, 0) is 15.9 Å². The molecule has 2 aromatic rings. The molecule has 6 nitrogen and oxygen atoms in total. The normalized spacial score (nSPS) is 13.0. The highest BCUT2D eigenvalue weighted by Crippen LogP contribution is 2.43. The van der Waals surface area contributed by atoms with Crippen molar-refractivity contribution in [2.24, 2.45) is 0 Å². The molecule has 25 heavy (non-hydrogen) atoms. The van der Waals surface area contributed by atoms with E-state index in [0.29, 0.717) is 17.7 Å². The number of nitrogens with one attached hydrogen (secondary N) is 1. The molecule has 0 fully saturated rings. The lowest BCUT2D eigenvalue weighted by atomic mass is 10.2. The molecule has 1 atom stereocenters. The highest BCUT2D eigenvalue weighted by Gasteiger charge is 2.26. The van der Waals surface area contributed by atoms with Gasteiger partial charge in [0, 0.05) is 12.1 Å². The number of rotatable bonds is 6. The van der Waals surface area contributed by atoms with Crippen LogP contribution in [0.25, 0.3) is 0 Å². The van der Waals surface area contributed by atoms with Crippen LogP contribution in [0.3, 0.4) is 0 Å². The van der Waals surface area contributed by atoms with Crippen molar-refractivity contribution in [2.45, 2.75) is 6.61 Å². The van der Waals surface area contributed by atoms with Crippen molar-refractivity contribution in [1.82, 2.24) is 5.32 Å². The molecule has 2 rings (SSSR count). The van der Waals surface area contributed by atoms with E-state index in [1.807, 2.05) is 5.32 Å². The molecule has 0 aliphatic carbocycles. The van der Waals surface area contributed by atoms with Gasteiger partial charge >= 0.3 is 13.7 Å². The summed E-state index contributed by atoms with van der Waals surface area (Å²) < 4.78 is 60.5. The zero-order valence-electron chi connectivity index (χ0n) is 12.6. The topological polar surface area (TPSA) is 84.9 Å².